The predicted octanol–water partition coefficient (Wildman–Crippen LogP) is 4.34. The van der Waals surface area contributed by atoms with Crippen LogP contribution in [0.5, 0.6) is 5.75 Å². The van der Waals surface area contributed by atoms with Crippen molar-refractivity contribution in [1.82, 2.24) is 4.90 Å². The summed E-state index contributed by atoms with van der Waals surface area (Å²) in [7, 11) is 0. The summed E-state index contributed by atoms with van der Waals surface area (Å²) < 4.78 is 6.34. The van der Waals surface area contributed by atoms with Crippen molar-refractivity contribution in [1.29, 1.82) is 0 Å². The molecule has 4 rings (SSSR count). The lowest BCUT2D eigenvalue weighted by atomic mass is 9.81. The monoisotopic (exact) mass is 401 g/mol. The number of aryl methyl sites for hydroxylation is 2. The highest BCUT2D eigenvalue weighted by Gasteiger charge is 2.43. The van der Waals surface area contributed by atoms with Gasteiger partial charge in [-0.05, 0) is 61.6 Å². The van der Waals surface area contributed by atoms with Crippen LogP contribution in [0.25, 0.3) is 0 Å². The number of ether oxygens (including phenoxy) is 1. The molecule has 0 aliphatic carbocycles. The van der Waals surface area contributed by atoms with E-state index in [2.05, 4.69) is 30.9 Å². The third-order valence-electron chi connectivity index (χ3n) is 6.34. The molecule has 2 aliphatic rings. The number of aliphatic hydroxyl groups is 2. The van der Waals surface area contributed by atoms with Gasteiger partial charge in [0.15, 0.2) is 0 Å². The van der Waals surface area contributed by atoms with E-state index in [0.29, 0.717) is 18.0 Å². The number of fused-ring (bicyclic) bond motifs is 1. The topological polar surface area (TPSA) is 52.9 Å². The Balaban J connectivity index is 1.39. The fourth-order valence-electron chi connectivity index (χ4n) is 4.38. The molecule has 0 unspecified atom stereocenters. The van der Waals surface area contributed by atoms with Crippen LogP contribution in [-0.2, 0) is 0 Å². The van der Waals surface area contributed by atoms with Crippen LogP contribution in [0.3, 0.4) is 0 Å². The average molecular weight is 402 g/mol. The summed E-state index contributed by atoms with van der Waals surface area (Å²) in [6.07, 6.45) is 1.23. The van der Waals surface area contributed by atoms with Gasteiger partial charge in [0.1, 0.15) is 11.4 Å². The number of hydrogen-bond donors (Lipinski definition) is 2. The average Bonchev–Trinajstić information content (AvgIpc) is 2.67. The van der Waals surface area contributed by atoms with Gasteiger partial charge in [0, 0.05) is 36.6 Å². The lowest BCUT2D eigenvalue weighted by Gasteiger charge is -2.46. The van der Waals surface area contributed by atoms with E-state index in [1.807, 2.05) is 12.1 Å². The minimum Gasteiger partial charge on any atom is -0.487 e. The molecule has 0 saturated carbocycles. The zero-order chi connectivity index (χ0) is 19.9. The van der Waals surface area contributed by atoms with Gasteiger partial charge in [-0.3, -0.25) is 0 Å². The molecule has 2 heterocycles. The smallest absolute Gasteiger partial charge is 0.126 e. The van der Waals surface area contributed by atoms with E-state index in [4.69, 9.17) is 16.3 Å². The largest absolute Gasteiger partial charge is 0.487 e. The number of nitrogens with zero attached hydrogens (tertiary/aromatic N) is 1. The lowest BCUT2D eigenvalue weighted by Crippen LogP contribution is -2.51. The third-order valence-corrected chi connectivity index (χ3v) is 6.57. The van der Waals surface area contributed by atoms with Gasteiger partial charge in [-0.1, -0.05) is 29.8 Å². The summed E-state index contributed by atoms with van der Waals surface area (Å²) in [5, 5.41) is 21.9. The van der Waals surface area contributed by atoms with Crippen LogP contribution >= 0.6 is 11.6 Å². The molecule has 0 amide bonds. The van der Waals surface area contributed by atoms with Crippen molar-refractivity contribution < 1.29 is 14.9 Å². The Bertz CT molecular complexity index is 861. The number of β-amino-alcohol motifs (C(OH)–C–C–N with tert-alkyl or cyclic N) is 1. The minimum atomic E-state index is -0.546. The quantitative estimate of drug-likeness (QED) is 0.803. The van der Waals surface area contributed by atoms with Gasteiger partial charge in [0.05, 0.1) is 12.2 Å². The minimum absolute atomic E-state index is 0.331. The second-order valence-electron chi connectivity index (χ2n) is 8.35. The number of hydrogen-bond acceptors (Lipinski definition) is 4. The third kappa shape index (κ3) is 3.92. The Labute approximate surface area is 171 Å². The van der Waals surface area contributed by atoms with E-state index in [0.717, 1.165) is 42.8 Å². The summed E-state index contributed by atoms with van der Waals surface area (Å²) in [6, 6.07) is 11.6. The maximum atomic E-state index is 10.7. The zero-order valence-electron chi connectivity index (χ0n) is 16.5. The predicted molar refractivity (Wildman–Crippen MR) is 111 cm³/mol. The summed E-state index contributed by atoms with van der Waals surface area (Å²) in [5.41, 5.74) is 3.87. The summed E-state index contributed by atoms with van der Waals surface area (Å²) in [4.78, 5) is 2.29. The molecule has 2 aromatic rings. The molecule has 0 bridgehead atoms. The van der Waals surface area contributed by atoms with Crippen LogP contribution in [-0.4, -0.2) is 40.3 Å². The van der Waals surface area contributed by atoms with Gasteiger partial charge in [-0.2, -0.15) is 0 Å². The van der Waals surface area contributed by atoms with Crippen molar-refractivity contribution in [2.24, 2.45) is 0 Å². The Hall–Kier alpha value is -1.59. The Morgan fingerprint density at radius 1 is 1.14 bits per heavy atom. The van der Waals surface area contributed by atoms with Crippen LogP contribution in [0, 0.1) is 13.8 Å². The van der Waals surface area contributed by atoms with Crippen LogP contribution < -0.4 is 4.74 Å². The van der Waals surface area contributed by atoms with E-state index < -0.39 is 12.2 Å². The number of likely N-dealkylation sites (tertiary alicyclic amines) is 1. The molecular weight excluding hydrogens is 374 g/mol. The molecule has 1 saturated heterocycles. The fraction of sp³-hybridized carbons (Fsp3) is 0.478. The van der Waals surface area contributed by atoms with Gasteiger partial charge in [-0.15, -0.1) is 0 Å². The Morgan fingerprint density at radius 3 is 2.61 bits per heavy atom. The summed E-state index contributed by atoms with van der Waals surface area (Å²) >= 11 is 6.06. The van der Waals surface area contributed by atoms with E-state index >= 15 is 0 Å². The molecule has 2 aliphatic heterocycles. The summed E-state index contributed by atoms with van der Waals surface area (Å²) in [6.45, 7) is 6.47. The molecule has 150 valence electrons. The zero-order valence-corrected chi connectivity index (χ0v) is 17.2. The van der Waals surface area contributed by atoms with E-state index in [-0.39, 0.29) is 5.60 Å². The van der Waals surface area contributed by atoms with Crippen molar-refractivity contribution in [3.05, 3.63) is 63.7 Å². The molecule has 2 atom stereocenters. The number of rotatable bonds is 3. The summed E-state index contributed by atoms with van der Waals surface area (Å²) in [5.74, 6) is 0.742. The number of aliphatic hydroxyl groups excluding tert-OH is 2. The lowest BCUT2D eigenvalue weighted by molar-refractivity contribution is -0.0587. The first-order chi connectivity index (χ1) is 13.3. The molecule has 0 aromatic heterocycles. The molecule has 0 radical (unpaired) electrons. The maximum absolute atomic E-state index is 10.7. The fourth-order valence-corrected chi connectivity index (χ4v) is 4.56. The first kappa shape index (κ1) is 19.7. The standard InChI is InChI=1S/C23H28ClNO3/c1-15-3-4-17(11-16(15)2)21(27)14-25-9-7-23(8-10-25)13-20(26)19-12-18(24)5-6-22(19)28-23/h3-6,11-12,20-21,26-27H,7-10,13-14H2,1-2H3/t20-,21-/m1/s1. The van der Waals surface area contributed by atoms with E-state index in [9.17, 15) is 10.2 Å². The molecule has 1 spiro atoms. The van der Waals surface area contributed by atoms with Crippen LogP contribution in [0.1, 0.15) is 53.7 Å². The molecule has 28 heavy (non-hydrogen) atoms. The van der Waals surface area contributed by atoms with Gasteiger partial charge >= 0.3 is 0 Å². The van der Waals surface area contributed by atoms with Crippen molar-refractivity contribution in [3.8, 4) is 5.75 Å². The molecule has 5 heteroatoms. The highest BCUT2D eigenvalue weighted by Crippen LogP contribution is 2.45. The Morgan fingerprint density at radius 2 is 1.89 bits per heavy atom. The van der Waals surface area contributed by atoms with Gasteiger partial charge in [0.25, 0.3) is 0 Å². The van der Waals surface area contributed by atoms with Crippen molar-refractivity contribution in [2.75, 3.05) is 19.6 Å². The first-order valence-electron chi connectivity index (χ1n) is 9.99. The highest BCUT2D eigenvalue weighted by atomic mass is 35.5. The number of benzene rings is 2. The van der Waals surface area contributed by atoms with Crippen LogP contribution in [0.4, 0.5) is 0 Å². The van der Waals surface area contributed by atoms with Crippen molar-refractivity contribution in [2.45, 2.75) is 50.9 Å². The maximum Gasteiger partial charge on any atom is 0.126 e. The molecular formula is C23H28ClNO3. The highest BCUT2D eigenvalue weighted by molar-refractivity contribution is 6.30. The molecule has 4 nitrogen and oxygen atoms in total. The van der Waals surface area contributed by atoms with Gasteiger partial charge < -0.3 is 19.8 Å². The van der Waals surface area contributed by atoms with Gasteiger partial charge in [0.2, 0.25) is 0 Å². The number of halogens is 1. The van der Waals surface area contributed by atoms with Crippen LogP contribution in [0.15, 0.2) is 36.4 Å². The second-order valence-corrected chi connectivity index (χ2v) is 8.78. The van der Waals surface area contributed by atoms with Gasteiger partial charge in [-0.25, -0.2) is 0 Å². The van der Waals surface area contributed by atoms with E-state index in [1.165, 1.54) is 11.1 Å². The SMILES string of the molecule is Cc1ccc([C@H](O)CN2CCC3(CC2)C[C@@H](O)c2cc(Cl)ccc2O3)cc1C. The van der Waals surface area contributed by atoms with Crippen LogP contribution in [0.2, 0.25) is 5.02 Å². The normalized spacial score (nSPS) is 22.5. The molecule has 2 aromatic carbocycles. The Kier molecular flexibility index (Phi) is 5.41. The number of piperidine rings is 1. The molecule has 2 N–H and O–H groups in total. The van der Waals surface area contributed by atoms with Crippen molar-refractivity contribution in [3.63, 3.8) is 0 Å². The second kappa shape index (κ2) is 7.68. The molecule has 1 fully saturated rings. The first-order valence-corrected chi connectivity index (χ1v) is 10.4. The van der Waals surface area contributed by atoms with Crippen molar-refractivity contribution >= 4 is 11.6 Å². The van der Waals surface area contributed by atoms with E-state index in [1.54, 1.807) is 12.1 Å².